The van der Waals surface area contributed by atoms with E-state index < -0.39 is 0 Å². The molecular formula is C16H24N6. The van der Waals surface area contributed by atoms with E-state index in [0.29, 0.717) is 6.04 Å². The molecule has 0 radical (unpaired) electrons. The zero-order valence-corrected chi connectivity index (χ0v) is 13.7. The van der Waals surface area contributed by atoms with Crippen LogP contribution >= 0.6 is 0 Å². The molecule has 4 heterocycles. The Labute approximate surface area is 131 Å². The average molecular weight is 300 g/mol. The van der Waals surface area contributed by atoms with Crippen molar-refractivity contribution in [2.75, 3.05) is 51.2 Å². The fraction of sp³-hybridized carbons (Fsp3) is 0.625. The summed E-state index contributed by atoms with van der Waals surface area (Å²) in [6.45, 7) is 11.0. The first-order valence-electron chi connectivity index (χ1n) is 8.12. The monoisotopic (exact) mass is 300 g/mol. The van der Waals surface area contributed by atoms with E-state index in [9.17, 15) is 0 Å². The van der Waals surface area contributed by atoms with E-state index in [0.717, 1.165) is 30.1 Å². The zero-order chi connectivity index (χ0) is 15.3. The van der Waals surface area contributed by atoms with Gasteiger partial charge in [0.2, 0.25) is 0 Å². The molecule has 6 nitrogen and oxygen atoms in total. The maximum atomic E-state index is 4.60. The maximum absolute atomic E-state index is 4.60. The van der Waals surface area contributed by atoms with Crippen molar-refractivity contribution in [3.8, 4) is 0 Å². The number of aromatic nitrogens is 3. The largest absolute Gasteiger partial charge is 0.353 e. The molecule has 2 aromatic rings. The van der Waals surface area contributed by atoms with Crippen LogP contribution in [0.4, 0.5) is 5.82 Å². The van der Waals surface area contributed by atoms with Gasteiger partial charge in [-0.05, 0) is 20.9 Å². The van der Waals surface area contributed by atoms with Crippen LogP contribution in [-0.4, -0.2) is 76.8 Å². The molecule has 2 aromatic heterocycles. The molecule has 22 heavy (non-hydrogen) atoms. The smallest absolute Gasteiger partial charge is 0.157 e. The fourth-order valence-electron chi connectivity index (χ4n) is 3.48. The normalized spacial score (nSPS) is 21.5. The molecule has 0 atom stereocenters. The summed E-state index contributed by atoms with van der Waals surface area (Å²) in [7, 11) is 2.21. The summed E-state index contributed by atoms with van der Waals surface area (Å²) in [5.74, 6) is 1.18. The molecular weight excluding hydrogens is 276 g/mol. The van der Waals surface area contributed by atoms with Crippen LogP contribution in [0.3, 0.4) is 0 Å². The third-order valence-corrected chi connectivity index (χ3v) is 4.90. The van der Waals surface area contributed by atoms with Crippen molar-refractivity contribution in [3.05, 3.63) is 23.5 Å². The first-order valence-corrected chi connectivity index (χ1v) is 8.12. The highest BCUT2D eigenvalue weighted by Gasteiger charge is 2.34. The lowest BCUT2D eigenvalue weighted by molar-refractivity contribution is 0.0959. The third kappa shape index (κ3) is 2.36. The number of rotatable bonds is 2. The van der Waals surface area contributed by atoms with E-state index in [4.69, 9.17) is 0 Å². The number of nitrogens with zero attached hydrogens (tertiary/aromatic N) is 6. The number of fused-ring (bicyclic) bond motifs is 1. The van der Waals surface area contributed by atoms with E-state index in [-0.39, 0.29) is 0 Å². The second-order valence-electron chi connectivity index (χ2n) is 6.71. The highest BCUT2D eigenvalue weighted by Crippen LogP contribution is 2.25. The van der Waals surface area contributed by atoms with Gasteiger partial charge in [-0.2, -0.15) is 9.61 Å². The molecule has 2 fully saturated rings. The number of hydrogen-bond acceptors (Lipinski definition) is 5. The van der Waals surface area contributed by atoms with E-state index in [2.05, 4.69) is 44.8 Å². The Morgan fingerprint density at radius 1 is 1.00 bits per heavy atom. The minimum absolute atomic E-state index is 0.689. The van der Waals surface area contributed by atoms with Crippen LogP contribution in [0.2, 0.25) is 0 Å². The van der Waals surface area contributed by atoms with Crippen LogP contribution in [0.15, 0.2) is 12.1 Å². The van der Waals surface area contributed by atoms with Crippen LogP contribution < -0.4 is 4.90 Å². The van der Waals surface area contributed by atoms with Gasteiger partial charge in [0.1, 0.15) is 5.82 Å². The summed E-state index contributed by atoms with van der Waals surface area (Å²) < 4.78 is 1.99. The molecule has 2 aliphatic heterocycles. The fourth-order valence-corrected chi connectivity index (χ4v) is 3.48. The Morgan fingerprint density at radius 2 is 1.73 bits per heavy atom. The molecule has 0 aliphatic carbocycles. The SMILES string of the molecule is Cc1cc(N2CC(N3CCN(C)CC3)C2)n2nc(C)cc2n1. The molecule has 0 saturated carbocycles. The van der Waals surface area contributed by atoms with Gasteiger partial charge in [0, 0.05) is 63.1 Å². The lowest BCUT2D eigenvalue weighted by Crippen LogP contribution is -2.63. The van der Waals surface area contributed by atoms with Gasteiger partial charge in [-0.3, -0.25) is 4.90 Å². The lowest BCUT2D eigenvalue weighted by atomic mass is 10.1. The summed E-state index contributed by atoms with van der Waals surface area (Å²) in [6, 6.07) is 4.89. The summed E-state index contributed by atoms with van der Waals surface area (Å²) in [5, 5.41) is 4.60. The van der Waals surface area contributed by atoms with Crippen molar-refractivity contribution in [1.82, 2.24) is 24.4 Å². The molecule has 2 aliphatic rings. The number of aryl methyl sites for hydroxylation is 2. The topological polar surface area (TPSA) is 39.9 Å². The lowest BCUT2D eigenvalue weighted by Gasteiger charge is -2.48. The van der Waals surface area contributed by atoms with Gasteiger partial charge in [0.05, 0.1) is 5.69 Å². The van der Waals surface area contributed by atoms with Crippen molar-refractivity contribution in [3.63, 3.8) is 0 Å². The minimum Gasteiger partial charge on any atom is -0.353 e. The Hall–Kier alpha value is -1.66. The Balaban J connectivity index is 1.51. The van der Waals surface area contributed by atoms with Crippen molar-refractivity contribution < 1.29 is 0 Å². The standard InChI is InChI=1S/C16H24N6/c1-12-9-16(22-15(17-12)8-13(2)18-22)21-10-14(11-21)20-6-4-19(3)5-7-20/h8-9,14H,4-7,10-11H2,1-3H3. The van der Waals surface area contributed by atoms with Gasteiger partial charge in [-0.15, -0.1) is 0 Å². The van der Waals surface area contributed by atoms with Crippen LogP contribution in [0.1, 0.15) is 11.4 Å². The maximum Gasteiger partial charge on any atom is 0.157 e. The quantitative estimate of drug-likeness (QED) is 0.820. The van der Waals surface area contributed by atoms with Gasteiger partial charge in [-0.25, -0.2) is 4.98 Å². The van der Waals surface area contributed by atoms with Crippen LogP contribution in [0.5, 0.6) is 0 Å². The summed E-state index contributed by atoms with van der Waals surface area (Å²) in [4.78, 5) is 12.0. The van der Waals surface area contributed by atoms with Gasteiger partial charge < -0.3 is 9.80 Å². The van der Waals surface area contributed by atoms with Crippen molar-refractivity contribution in [1.29, 1.82) is 0 Å². The second-order valence-corrected chi connectivity index (χ2v) is 6.71. The van der Waals surface area contributed by atoms with Crippen molar-refractivity contribution in [2.24, 2.45) is 0 Å². The number of anilines is 1. The second kappa shape index (κ2) is 5.21. The number of likely N-dealkylation sites (N-methyl/N-ethyl adjacent to an activating group) is 1. The first kappa shape index (κ1) is 14.0. The predicted molar refractivity (Wildman–Crippen MR) is 87.5 cm³/mol. The van der Waals surface area contributed by atoms with Gasteiger partial charge >= 0.3 is 0 Å². The first-order chi connectivity index (χ1) is 10.6. The van der Waals surface area contributed by atoms with Crippen LogP contribution in [-0.2, 0) is 0 Å². The molecule has 6 heteroatoms. The summed E-state index contributed by atoms with van der Waals surface area (Å²) in [5.41, 5.74) is 3.04. The third-order valence-electron chi connectivity index (χ3n) is 4.90. The average Bonchev–Trinajstić information content (AvgIpc) is 2.79. The van der Waals surface area contributed by atoms with E-state index in [1.54, 1.807) is 0 Å². The van der Waals surface area contributed by atoms with Gasteiger partial charge in [0.15, 0.2) is 5.65 Å². The molecule has 2 saturated heterocycles. The van der Waals surface area contributed by atoms with Crippen molar-refractivity contribution in [2.45, 2.75) is 19.9 Å². The predicted octanol–water partition coefficient (Wildman–Crippen LogP) is 0.782. The van der Waals surface area contributed by atoms with Crippen LogP contribution in [0, 0.1) is 13.8 Å². The van der Waals surface area contributed by atoms with E-state index in [1.165, 1.54) is 32.0 Å². The molecule has 0 bridgehead atoms. The van der Waals surface area contributed by atoms with E-state index >= 15 is 0 Å². The Bertz CT molecular complexity index is 679. The van der Waals surface area contributed by atoms with Crippen molar-refractivity contribution >= 4 is 11.5 Å². The highest BCUT2D eigenvalue weighted by molar-refractivity contribution is 5.53. The zero-order valence-electron chi connectivity index (χ0n) is 13.7. The Kier molecular flexibility index (Phi) is 3.31. The minimum atomic E-state index is 0.689. The van der Waals surface area contributed by atoms with Crippen LogP contribution in [0.25, 0.3) is 5.65 Å². The molecule has 0 unspecified atom stereocenters. The molecule has 0 aromatic carbocycles. The molecule has 4 rings (SSSR count). The molecule has 118 valence electrons. The van der Waals surface area contributed by atoms with Gasteiger partial charge in [-0.1, -0.05) is 0 Å². The summed E-state index contributed by atoms with van der Waals surface area (Å²) >= 11 is 0. The molecule has 0 amide bonds. The number of piperazine rings is 1. The van der Waals surface area contributed by atoms with E-state index in [1.807, 2.05) is 17.5 Å². The van der Waals surface area contributed by atoms with Gasteiger partial charge in [0.25, 0.3) is 0 Å². The Morgan fingerprint density at radius 3 is 2.45 bits per heavy atom. The number of hydrogen-bond donors (Lipinski definition) is 0. The molecule has 0 N–H and O–H groups in total. The summed E-state index contributed by atoms with van der Waals surface area (Å²) in [6.07, 6.45) is 0. The highest BCUT2D eigenvalue weighted by atomic mass is 15.4. The molecule has 0 spiro atoms.